The Labute approximate surface area is 116 Å². The van der Waals surface area contributed by atoms with Crippen LogP contribution in [0.3, 0.4) is 0 Å². The number of nitrogens with one attached hydrogen (secondary N) is 1. The lowest BCUT2D eigenvalue weighted by Gasteiger charge is -2.14. The molecule has 0 radical (unpaired) electrons. The monoisotopic (exact) mass is 287 g/mol. The molecule has 0 aromatic heterocycles. The zero-order valence-corrected chi connectivity index (χ0v) is 11.2. The summed E-state index contributed by atoms with van der Waals surface area (Å²) in [6, 6.07) is 3.58. The summed E-state index contributed by atoms with van der Waals surface area (Å²) < 4.78 is 26.7. The highest BCUT2D eigenvalue weighted by Crippen LogP contribution is 2.29. The Kier molecular flexibility index (Phi) is 4.75. The third-order valence-electron chi connectivity index (χ3n) is 3.53. The maximum absolute atomic E-state index is 13.4. The van der Waals surface area contributed by atoms with Gasteiger partial charge in [0.25, 0.3) is 0 Å². The van der Waals surface area contributed by atoms with E-state index in [1.54, 1.807) is 0 Å². The van der Waals surface area contributed by atoms with Crippen molar-refractivity contribution in [3.63, 3.8) is 0 Å². The zero-order chi connectivity index (χ0) is 13.8. The maximum Gasteiger partial charge on any atom is 0.224 e. The van der Waals surface area contributed by atoms with E-state index >= 15 is 0 Å². The third-order valence-corrected chi connectivity index (χ3v) is 4.10. The van der Waals surface area contributed by atoms with Gasteiger partial charge in [-0.1, -0.05) is 12.5 Å². The fourth-order valence-corrected chi connectivity index (χ4v) is 2.76. The summed E-state index contributed by atoms with van der Waals surface area (Å²) in [4.78, 5) is 11.7. The average Bonchev–Trinajstić information content (AvgIpc) is 2.77. The summed E-state index contributed by atoms with van der Waals surface area (Å²) in [6.07, 6.45) is 2.74. The fourth-order valence-electron chi connectivity index (χ4n) is 2.39. The van der Waals surface area contributed by atoms with Crippen LogP contribution in [0.2, 0.25) is 0 Å². The summed E-state index contributed by atoms with van der Waals surface area (Å²) in [5, 5.41) is 2.79. The van der Waals surface area contributed by atoms with E-state index in [0.717, 1.165) is 31.4 Å². The van der Waals surface area contributed by atoms with Gasteiger partial charge in [0.05, 0.1) is 6.42 Å². The molecule has 104 valence electrons. The molecule has 0 saturated heterocycles. The topological polar surface area (TPSA) is 29.1 Å². The summed E-state index contributed by atoms with van der Waals surface area (Å²) >= 11 is 6.10. The van der Waals surface area contributed by atoms with E-state index in [1.807, 2.05) is 0 Å². The average molecular weight is 288 g/mol. The van der Waals surface area contributed by atoms with Crippen molar-refractivity contribution in [1.82, 2.24) is 5.32 Å². The quantitative estimate of drug-likeness (QED) is 0.848. The van der Waals surface area contributed by atoms with Crippen molar-refractivity contribution in [2.75, 3.05) is 6.54 Å². The number of carbonyl (C=O) groups is 1. The Hall–Kier alpha value is -1.16. The molecule has 5 heteroatoms. The van der Waals surface area contributed by atoms with Crippen LogP contribution in [0.4, 0.5) is 8.78 Å². The molecule has 1 N–H and O–H groups in total. The lowest BCUT2D eigenvalue weighted by atomic mass is 10.1. The van der Waals surface area contributed by atoms with Crippen molar-refractivity contribution in [1.29, 1.82) is 0 Å². The van der Waals surface area contributed by atoms with Gasteiger partial charge in [-0.15, -0.1) is 11.6 Å². The molecule has 19 heavy (non-hydrogen) atoms. The molecule has 0 bridgehead atoms. The number of hydrogen-bond donors (Lipinski definition) is 1. The molecule has 1 aromatic rings. The molecule has 1 aliphatic rings. The Balaban J connectivity index is 1.87. The van der Waals surface area contributed by atoms with Crippen LogP contribution < -0.4 is 5.32 Å². The predicted octanol–water partition coefficient (Wildman–Crippen LogP) is 3.03. The molecule has 0 aliphatic heterocycles. The largest absolute Gasteiger partial charge is 0.355 e. The molecule has 2 atom stereocenters. The fraction of sp³-hybridized carbons (Fsp3) is 0.500. The summed E-state index contributed by atoms with van der Waals surface area (Å²) in [5.41, 5.74) is -0.186. The van der Waals surface area contributed by atoms with E-state index in [-0.39, 0.29) is 29.2 Å². The second kappa shape index (κ2) is 6.33. The zero-order valence-electron chi connectivity index (χ0n) is 10.5. The molecule has 1 fully saturated rings. The normalized spacial score (nSPS) is 22.5. The van der Waals surface area contributed by atoms with Crippen molar-refractivity contribution in [2.45, 2.75) is 31.1 Å². The number of rotatable bonds is 4. The molecule has 1 aromatic carbocycles. The Morgan fingerprint density at radius 3 is 2.58 bits per heavy atom. The Bertz CT molecular complexity index is 447. The molecule has 0 heterocycles. The van der Waals surface area contributed by atoms with E-state index < -0.39 is 11.6 Å². The number of hydrogen-bond acceptors (Lipinski definition) is 1. The van der Waals surface area contributed by atoms with Crippen LogP contribution in [0.25, 0.3) is 0 Å². The second-order valence-electron chi connectivity index (χ2n) is 4.89. The van der Waals surface area contributed by atoms with E-state index in [2.05, 4.69) is 5.32 Å². The SMILES string of the molecule is O=C(Cc1c(F)cccc1F)NCC1CCCC1Cl. The Morgan fingerprint density at radius 2 is 2.00 bits per heavy atom. The molecule has 2 unspecified atom stereocenters. The van der Waals surface area contributed by atoms with Gasteiger partial charge in [-0.05, 0) is 30.9 Å². The summed E-state index contributed by atoms with van der Waals surface area (Å²) in [5.74, 6) is -1.49. The van der Waals surface area contributed by atoms with Crippen molar-refractivity contribution in [2.24, 2.45) is 5.92 Å². The highest BCUT2D eigenvalue weighted by molar-refractivity contribution is 6.20. The molecule has 1 saturated carbocycles. The number of amides is 1. The Morgan fingerprint density at radius 1 is 1.32 bits per heavy atom. The molecule has 2 nitrogen and oxygen atoms in total. The standard InChI is InChI=1S/C14H16ClF2NO/c15-11-4-1-3-9(11)8-18-14(19)7-10-12(16)5-2-6-13(10)17/h2,5-6,9,11H,1,3-4,7-8H2,(H,18,19). The van der Waals surface area contributed by atoms with Gasteiger partial charge in [-0.2, -0.15) is 0 Å². The van der Waals surface area contributed by atoms with Crippen LogP contribution in [0, 0.1) is 17.6 Å². The first kappa shape index (κ1) is 14.3. The van der Waals surface area contributed by atoms with E-state index in [0.29, 0.717) is 6.54 Å². The minimum atomic E-state index is -0.689. The first-order valence-corrected chi connectivity index (χ1v) is 6.85. The molecular weight excluding hydrogens is 272 g/mol. The van der Waals surface area contributed by atoms with Crippen LogP contribution in [-0.4, -0.2) is 17.8 Å². The summed E-state index contributed by atoms with van der Waals surface area (Å²) in [6.45, 7) is 0.475. The number of halogens is 3. The molecule has 1 amide bonds. The van der Waals surface area contributed by atoms with Crippen LogP contribution in [0.1, 0.15) is 24.8 Å². The van der Waals surface area contributed by atoms with E-state index in [4.69, 9.17) is 11.6 Å². The highest BCUT2D eigenvalue weighted by atomic mass is 35.5. The van der Waals surface area contributed by atoms with Crippen molar-refractivity contribution < 1.29 is 13.6 Å². The minimum absolute atomic E-state index is 0.0884. The van der Waals surface area contributed by atoms with Gasteiger partial charge in [-0.3, -0.25) is 4.79 Å². The molecule has 0 spiro atoms. The van der Waals surface area contributed by atoms with E-state index in [1.165, 1.54) is 6.07 Å². The summed E-state index contributed by atoms with van der Waals surface area (Å²) in [7, 11) is 0. The van der Waals surface area contributed by atoms with Crippen molar-refractivity contribution >= 4 is 17.5 Å². The van der Waals surface area contributed by atoms with Gasteiger partial charge < -0.3 is 5.32 Å². The highest BCUT2D eigenvalue weighted by Gasteiger charge is 2.25. The van der Waals surface area contributed by atoms with Crippen LogP contribution in [0.5, 0.6) is 0 Å². The number of carbonyl (C=O) groups excluding carboxylic acids is 1. The minimum Gasteiger partial charge on any atom is -0.355 e. The van der Waals surface area contributed by atoms with Gasteiger partial charge in [-0.25, -0.2) is 8.78 Å². The van der Waals surface area contributed by atoms with Crippen LogP contribution in [0.15, 0.2) is 18.2 Å². The van der Waals surface area contributed by atoms with E-state index in [9.17, 15) is 13.6 Å². The van der Waals surface area contributed by atoms with Gasteiger partial charge in [0, 0.05) is 17.5 Å². The van der Waals surface area contributed by atoms with Gasteiger partial charge >= 0.3 is 0 Å². The van der Waals surface area contributed by atoms with Crippen LogP contribution >= 0.6 is 11.6 Å². The first-order chi connectivity index (χ1) is 9.08. The second-order valence-corrected chi connectivity index (χ2v) is 5.45. The van der Waals surface area contributed by atoms with Gasteiger partial charge in [0.2, 0.25) is 5.91 Å². The predicted molar refractivity (Wildman–Crippen MR) is 70.1 cm³/mol. The maximum atomic E-state index is 13.4. The first-order valence-electron chi connectivity index (χ1n) is 6.41. The molecular formula is C14H16ClF2NO. The molecule has 1 aliphatic carbocycles. The molecule has 2 rings (SSSR count). The number of benzene rings is 1. The van der Waals surface area contributed by atoms with Crippen LogP contribution in [-0.2, 0) is 11.2 Å². The van der Waals surface area contributed by atoms with Crippen molar-refractivity contribution in [3.8, 4) is 0 Å². The van der Waals surface area contributed by atoms with Gasteiger partial charge in [0.1, 0.15) is 11.6 Å². The number of alkyl halides is 1. The lowest BCUT2D eigenvalue weighted by molar-refractivity contribution is -0.120. The van der Waals surface area contributed by atoms with Crippen molar-refractivity contribution in [3.05, 3.63) is 35.4 Å². The third kappa shape index (κ3) is 3.66. The smallest absolute Gasteiger partial charge is 0.224 e. The van der Waals surface area contributed by atoms with Gasteiger partial charge in [0.15, 0.2) is 0 Å². The lowest BCUT2D eigenvalue weighted by Crippen LogP contribution is -2.32.